The van der Waals surface area contributed by atoms with Gasteiger partial charge in [-0.15, -0.1) is 6.58 Å². The van der Waals surface area contributed by atoms with Crippen molar-refractivity contribution in [2.75, 3.05) is 6.61 Å². The molecule has 0 saturated carbocycles. The number of rotatable bonds is 1. The maximum absolute atomic E-state index is 7.76. The summed E-state index contributed by atoms with van der Waals surface area (Å²) in [5, 5.41) is 7.76. The van der Waals surface area contributed by atoms with Gasteiger partial charge in [-0.3, -0.25) is 0 Å². The highest BCUT2D eigenvalue weighted by molar-refractivity contribution is 5.95. The van der Waals surface area contributed by atoms with E-state index in [-0.39, 0.29) is 6.61 Å². The highest BCUT2D eigenvalue weighted by Gasteiger charge is 1.45. The van der Waals surface area contributed by atoms with Gasteiger partial charge in [-0.1, -0.05) is 6.08 Å². The topological polar surface area (TPSA) is 40.5 Å². The summed E-state index contributed by atoms with van der Waals surface area (Å²) in [5.74, 6) is 0. The molecule has 0 spiro atoms. The lowest BCUT2D eigenvalue weighted by Gasteiger charge is -1.60. The fourth-order valence-corrected chi connectivity index (χ4v) is 0. The second-order valence-corrected chi connectivity index (χ2v) is 0.471. The van der Waals surface area contributed by atoms with Gasteiger partial charge in [-0.2, -0.15) is 0 Å². The Morgan fingerprint density at radius 1 is 1.67 bits per heavy atom. The molecule has 0 aliphatic heterocycles. The summed E-state index contributed by atoms with van der Waals surface area (Å²) in [4.78, 5) is 7.14. The van der Waals surface area contributed by atoms with Crippen molar-refractivity contribution in [2.24, 2.45) is 0 Å². The fourth-order valence-electron chi connectivity index (χ4n) is 0. The van der Waals surface area contributed by atoms with Crippen molar-refractivity contribution in [1.82, 2.24) is 0 Å². The van der Waals surface area contributed by atoms with Crippen molar-refractivity contribution < 1.29 is 9.90 Å². The lowest BCUT2D eigenvalue weighted by Crippen LogP contribution is -1.62. The molecule has 0 rings (SSSR count). The molecule has 0 aliphatic carbocycles. The Morgan fingerprint density at radius 3 is 1.83 bits per heavy atom. The Bertz CT molecular complexity index is 22.8. The molecule has 0 fully saturated rings. The van der Waals surface area contributed by atoms with Gasteiger partial charge in [0.15, 0.2) is 0 Å². The minimum absolute atomic E-state index is 0.0833. The van der Waals surface area contributed by atoms with Crippen molar-refractivity contribution in [1.29, 1.82) is 0 Å². The van der Waals surface area contributed by atoms with Crippen molar-refractivity contribution in [2.45, 2.75) is 0 Å². The molecule has 0 bridgehead atoms. The third-order valence-corrected chi connectivity index (χ3v) is 0.129. The van der Waals surface area contributed by atoms with Gasteiger partial charge in [-0.05, 0) is 0 Å². The van der Waals surface area contributed by atoms with E-state index in [0.717, 1.165) is 0 Å². The minimum atomic E-state index is 0.0833. The van der Waals surface area contributed by atoms with Gasteiger partial charge in [-0.25, -0.2) is 0 Å². The van der Waals surface area contributed by atoms with E-state index in [1.54, 1.807) is 0 Å². The highest BCUT2D eigenvalue weighted by Crippen LogP contribution is 1.46. The molecule has 6 heavy (non-hydrogen) atoms. The molecule has 0 saturated heterocycles. The van der Waals surface area contributed by atoms with Crippen LogP contribution in [-0.2, 0) is 0 Å². The maximum atomic E-state index is 7.76. The molecule has 0 amide bonds. The number of hydrogen-bond donors (Lipinski definition) is 2. The predicted octanol–water partition coefficient (Wildman–Crippen LogP) is -1.58. The molecular weight excluding hydrogens is 96.1 g/mol. The standard InChI is InChI=1S/C3H6O.H4OSi/c1-2-3-4;1-2/h2,4H,1,3H2;1H,2H3. The fraction of sp³-hybridized carbons (Fsp3) is 0.333. The summed E-state index contributed by atoms with van der Waals surface area (Å²) in [6.45, 7) is 3.31. The predicted molar refractivity (Wildman–Crippen MR) is 29.4 cm³/mol. The van der Waals surface area contributed by atoms with Gasteiger partial charge in [0, 0.05) is 0 Å². The summed E-state index contributed by atoms with van der Waals surface area (Å²) in [6.07, 6.45) is 1.43. The van der Waals surface area contributed by atoms with E-state index in [0.29, 0.717) is 10.5 Å². The highest BCUT2D eigenvalue weighted by atomic mass is 28.2. The van der Waals surface area contributed by atoms with Crippen LogP contribution in [0.5, 0.6) is 0 Å². The van der Waals surface area contributed by atoms with Crippen molar-refractivity contribution in [3.8, 4) is 0 Å². The molecule has 0 aromatic rings. The van der Waals surface area contributed by atoms with E-state index < -0.39 is 0 Å². The molecule has 38 valence electrons. The summed E-state index contributed by atoms with van der Waals surface area (Å²) in [7, 11) is 0.306. The summed E-state index contributed by atoms with van der Waals surface area (Å²) in [6, 6.07) is 0. The van der Waals surface area contributed by atoms with Crippen LogP contribution in [0.4, 0.5) is 0 Å². The molecular formula is C3H10O2Si. The van der Waals surface area contributed by atoms with Crippen LogP contribution >= 0.6 is 0 Å². The third-order valence-electron chi connectivity index (χ3n) is 0.129. The van der Waals surface area contributed by atoms with Gasteiger partial charge in [0.05, 0.1) is 6.61 Å². The van der Waals surface area contributed by atoms with Crippen LogP contribution in [0.3, 0.4) is 0 Å². The van der Waals surface area contributed by atoms with Crippen LogP contribution in [0.25, 0.3) is 0 Å². The smallest absolute Gasteiger partial charge is 0.141 e. The second kappa shape index (κ2) is 20.8. The molecule has 2 nitrogen and oxygen atoms in total. The SMILES string of the molecule is C=CCO.O[SiH3]. The molecule has 0 aliphatic rings. The van der Waals surface area contributed by atoms with Crippen LogP contribution in [0, 0.1) is 0 Å². The first-order valence-corrected chi connectivity index (χ1v) is 2.47. The Kier molecular flexibility index (Phi) is 32.3. The maximum Gasteiger partial charge on any atom is 0.141 e. The van der Waals surface area contributed by atoms with E-state index in [9.17, 15) is 0 Å². The van der Waals surface area contributed by atoms with Gasteiger partial charge in [0.25, 0.3) is 0 Å². The zero-order valence-corrected chi connectivity index (χ0v) is 5.89. The second-order valence-electron chi connectivity index (χ2n) is 0.471. The van der Waals surface area contributed by atoms with Gasteiger partial charge in [0.1, 0.15) is 10.5 Å². The van der Waals surface area contributed by atoms with E-state index >= 15 is 0 Å². The summed E-state index contributed by atoms with van der Waals surface area (Å²) >= 11 is 0. The van der Waals surface area contributed by atoms with E-state index in [1.807, 2.05) is 0 Å². The zero-order valence-electron chi connectivity index (χ0n) is 3.89. The van der Waals surface area contributed by atoms with Crippen LogP contribution in [0.1, 0.15) is 0 Å². The molecule has 0 aromatic heterocycles. The van der Waals surface area contributed by atoms with E-state index in [1.165, 1.54) is 6.08 Å². The molecule has 3 heteroatoms. The molecule has 0 aromatic carbocycles. The number of aliphatic hydroxyl groups excluding tert-OH is 1. The lowest BCUT2D eigenvalue weighted by molar-refractivity contribution is 0.343. The Labute approximate surface area is 40.7 Å². The minimum Gasteiger partial charge on any atom is -0.442 e. The molecule has 0 heterocycles. The average molecular weight is 106 g/mol. The zero-order chi connectivity index (χ0) is 5.41. The van der Waals surface area contributed by atoms with Crippen LogP contribution in [-0.4, -0.2) is 27.0 Å². The van der Waals surface area contributed by atoms with Crippen LogP contribution < -0.4 is 0 Å². The Morgan fingerprint density at radius 2 is 1.83 bits per heavy atom. The number of aliphatic hydroxyl groups is 1. The van der Waals surface area contributed by atoms with Crippen LogP contribution in [0.2, 0.25) is 0 Å². The molecule has 0 atom stereocenters. The van der Waals surface area contributed by atoms with Crippen LogP contribution in [0.15, 0.2) is 12.7 Å². The van der Waals surface area contributed by atoms with Crippen molar-refractivity contribution in [3.63, 3.8) is 0 Å². The van der Waals surface area contributed by atoms with Gasteiger partial charge < -0.3 is 9.90 Å². The molecule has 2 N–H and O–H groups in total. The third kappa shape index (κ3) is 41.7. The first-order chi connectivity index (χ1) is 2.91. The largest absolute Gasteiger partial charge is 0.442 e. The summed E-state index contributed by atoms with van der Waals surface area (Å²) in [5.41, 5.74) is 0. The molecule has 0 unspecified atom stereocenters. The first-order valence-electron chi connectivity index (χ1n) is 1.58. The van der Waals surface area contributed by atoms with Gasteiger partial charge in [0.2, 0.25) is 0 Å². The molecule has 0 radical (unpaired) electrons. The monoisotopic (exact) mass is 106 g/mol. The normalized spacial score (nSPS) is 5.67. The van der Waals surface area contributed by atoms with Crippen molar-refractivity contribution >= 4 is 10.5 Å². The quantitative estimate of drug-likeness (QED) is 0.313. The first kappa shape index (κ1) is 9.30. The van der Waals surface area contributed by atoms with E-state index in [4.69, 9.17) is 9.90 Å². The number of hydrogen-bond acceptors (Lipinski definition) is 2. The summed E-state index contributed by atoms with van der Waals surface area (Å²) < 4.78 is 0. The van der Waals surface area contributed by atoms with Crippen molar-refractivity contribution in [3.05, 3.63) is 12.7 Å². The average Bonchev–Trinajstić information content (AvgIpc) is 1.72. The Hall–Kier alpha value is -0.123. The Balaban J connectivity index is 0. The van der Waals surface area contributed by atoms with E-state index in [2.05, 4.69) is 6.58 Å². The van der Waals surface area contributed by atoms with Gasteiger partial charge >= 0.3 is 0 Å². The lowest BCUT2D eigenvalue weighted by atomic mass is 10.7.